The number of ether oxygens (including phenoxy) is 6. The summed E-state index contributed by atoms with van der Waals surface area (Å²) in [4.78, 5) is 25.9. The molecule has 4 unspecified atom stereocenters. The predicted molar refractivity (Wildman–Crippen MR) is 289 cm³/mol. The molecule has 0 aromatic carbocycles. The van der Waals surface area contributed by atoms with Gasteiger partial charge in [-0.1, -0.05) is 219 Å². The molecule has 0 saturated carbocycles. The maximum Gasteiger partial charge on any atom is 0.306 e. The summed E-state index contributed by atoms with van der Waals surface area (Å²) < 4.78 is 33.7. The van der Waals surface area contributed by atoms with Crippen molar-refractivity contribution in [2.45, 2.75) is 325 Å². The van der Waals surface area contributed by atoms with Crippen LogP contribution in [0.4, 0.5) is 0 Å². The molecule has 0 radical (unpaired) electrons. The highest BCUT2D eigenvalue weighted by atomic mass is 16.7. The second-order valence-electron chi connectivity index (χ2n) is 21.5. The molecule has 0 bridgehead atoms. The van der Waals surface area contributed by atoms with E-state index in [-0.39, 0.29) is 26.1 Å². The minimum Gasteiger partial charge on any atom is -0.462 e. The highest BCUT2D eigenvalue weighted by Gasteiger charge is 2.47. The van der Waals surface area contributed by atoms with Gasteiger partial charge < -0.3 is 64.2 Å². The molecule has 2 aliphatic rings. The molecule has 15 nitrogen and oxygen atoms in total. The van der Waals surface area contributed by atoms with E-state index in [0.717, 1.165) is 38.5 Å². The average Bonchev–Trinajstić information content (AvgIpc) is 3.39. The molecule has 11 atom stereocenters. The van der Waals surface area contributed by atoms with E-state index in [0.29, 0.717) is 12.8 Å². The van der Waals surface area contributed by atoms with Gasteiger partial charge in [-0.05, 0) is 38.5 Å². The summed E-state index contributed by atoms with van der Waals surface area (Å²) in [7, 11) is 0. The highest BCUT2D eigenvalue weighted by Crippen LogP contribution is 2.27. The molecule has 436 valence electrons. The minimum absolute atomic E-state index is 0.169. The van der Waals surface area contributed by atoms with Crippen molar-refractivity contribution in [3.63, 3.8) is 0 Å². The van der Waals surface area contributed by atoms with E-state index in [1.165, 1.54) is 180 Å². The first-order chi connectivity index (χ1) is 36.0. The molecule has 2 saturated heterocycles. The molecule has 2 fully saturated rings. The van der Waals surface area contributed by atoms with Crippen LogP contribution in [0.25, 0.3) is 0 Å². The van der Waals surface area contributed by atoms with Gasteiger partial charge in [0.1, 0.15) is 55.4 Å². The van der Waals surface area contributed by atoms with Crippen molar-refractivity contribution < 1.29 is 73.8 Å². The zero-order valence-electron chi connectivity index (χ0n) is 46.6. The molecule has 0 aromatic heterocycles. The summed E-state index contributed by atoms with van der Waals surface area (Å²) in [5.74, 6) is -0.908. The van der Waals surface area contributed by atoms with Gasteiger partial charge in [0.2, 0.25) is 0 Å². The number of carbonyl (C=O) groups is 2. The van der Waals surface area contributed by atoms with E-state index in [9.17, 15) is 45.3 Å². The van der Waals surface area contributed by atoms with Crippen LogP contribution in [-0.2, 0) is 38.0 Å². The summed E-state index contributed by atoms with van der Waals surface area (Å²) in [5.41, 5.74) is 0. The van der Waals surface area contributed by atoms with Crippen LogP contribution in [0, 0.1) is 0 Å². The molecule has 2 heterocycles. The molecule has 0 aliphatic carbocycles. The molecule has 74 heavy (non-hydrogen) atoms. The van der Waals surface area contributed by atoms with Crippen molar-refractivity contribution in [1.82, 2.24) is 0 Å². The first-order valence-corrected chi connectivity index (χ1v) is 30.3. The number of aliphatic hydroxyl groups is 7. The van der Waals surface area contributed by atoms with Crippen LogP contribution in [0.5, 0.6) is 0 Å². The van der Waals surface area contributed by atoms with Crippen molar-refractivity contribution >= 4 is 11.9 Å². The van der Waals surface area contributed by atoms with E-state index in [4.69, 9.17) is 28.4 Å². The Morgan fingerprint density at radius 2 is 0.770 bits per heavy atom. The number of allylic oxidation sites excluding steroid dienone is 2. The Hall–Kier alpha value is -1.76. The van der Waals surface area contributed by atoms with Crippen molar-refractivity contribution in [3.05, 3.63) is 12.2 Å². The van der Waals surface area contributed by atoms with Crippen LogP contribution in [0.15, 0.2) is 12.2 Å². The summed E-state index contributed by atoms with van der Waals surface area (Å²) >= 11 is 0. The van der Waals surface area contributed by atoms with Crippen LogP contribution < -0.4 is 0 Å². The van der Waals surface area contributed by atoms with Gasteiger partial charge in [0.05, 0.1) is 19.8 Å². The first-order valence-electron chi connectivity index (χ1n) is 30.3. The third kappa shape index (κ3) is 32.9. The van der Waals surface area contributed by atoms with E-state index in [1.807, 2.05) is 0 Å². The van der Waals surface area contributed by atoms with Crippen molar-refractivity contribution in [2.75, 3.05) is 26.4 Å². The Bertz CT molecular complexity index is 1340. The number of carbonyl (C=O) groups excluding carboxylic acids is 2. The number of hydrogen-bond acceptors (Lipinski definition) is 15. The Morgan fingerprint density at radius 3 is 1.19 bits per heavy atom. The second-order valence-corrected chi connectivity index (χ2v) is 21.5. The molecular formula is C59H110O15. The lowest BCUT2D eigenvalue weighted by Crippen LogP contribution is -2.61. The molecule has 0 aromatic rings. The Balaban J connectivity index is 1.73. The fourth-order valence-corrected chi connectivity index (χ4v) is 9.80. The monoisotopic (exact) mass is 1060 g/mol. The van der Waals surface area contributed by atoms with Gasteiger partial charge in [-0.25, -0.2) is 0 Å². The lowest BCUT2D eigenvalue weighted by atomic mass is 9.98. The zero-order valence-corrected chi connectivity index (χ0v) is 46.6. The van der Waals surface area contributed by atoms with Crippen LogP contribution in [0.3, 0.4) is 0 Å². The Morgan fingerprint density at radius 1 is 0.419 bits per heavy atom. The van der Waals surface area contributed by atoms with Gasteiger partial charge in [0.25, 0.3) is 0 Å². The number of rotatable bonds is 49. The quantitative estimate of drug-likeness (QED) is 0.0171. The Labute approximate surface area is 448 Å². The number of hydrogen-bond donors (Lipinski definition) is 7. The van der Waals surface area contributed by atoms with Crippen molar-refractivity contribution in [1.29, 1.82) is 0 Å². The second kappa shape index (κ2) is 46.2. The average molecular weight is 1060 g/mol. The predicted octanol–water partition coefficient (Wildman–Crippen LogP) is 10.5. The van der Waals surface area contributed by atoms with Crippen LogP contribution >= 0.6 is 0 Å². The highest BCUT2D eigenvalue weighted by molar-refractivity contribution is 5.70. The SMILES string of the molecule is CCCCCCCC/C=C/CCCCCCCCCCCCCC(=O)O[C@H](COC(=O)CCCCCCCCCCCCCCCCCCC)CO[C@H]1O[C@@H](CO[C@H]2O[C@@H](CO)[C@@H](O)C(O)C2O)[C@@H](O)C(O)C1O. The molecule has 0 spiro atoms. The molecule has 15 heteroatoms. The van der Waals surface area contributed by atoms with Crippen LogP contribution in [-0.4, -0.2) is 142 Å². The Kier molecular flexibility index (Phi) is 42.7. The van der Waals surface area contributed by atoms with E-state index in [2.05, 4.69) is 26.0 Å². The summed E-state index contributed by atoms with van der Waals surface area (Å²) in [5, 5.41) is 72.3. The molecule has 0 amide bonds. The number of esters is 2. The summed E-state index contributed by atoms with van der Waals surface area (Å²) in [6, 6.07) is 0. The van der Waals surface area contributed by atoms with Gasteiger partial charge in [-0.2, -0.15) is 0 Å². The lowest BCUT2D eigenvalue weighted by molar-refractivity contribution is -0.332. The van der Waals surface area contributed by atoms with Gasteiger partial charge in [-0.3, -0.25) is 9.59 Å². The van der Waals surface area contributed by atoms with E-state index in [1.54, 1.807) is 0 Å². The summed E-state index contributed by atoms with van der Waals surface area (Å²) in [6.45, 7) is 2.65. The topological polar surface area (TPSA) is 231 Å². The number of unbranched alkanes of at least 4 members (excludes halogenated alkanes) is 33. The van der Waals surface area contributed by atoms with Gasteiger partial charge in [-0.15, -0.1) is 0 Å². The van der Waals surface area contributed by atoms with Gasteiger partial charge in [0.15, 0.2) is 18.7 Å². The smallest absolute Gasteiger partial charge is 0.306 e. The number of aliphatic hydroxyl groups excluding tert-OH is 7. The third-order valence-electron chi connectivity index (χ3n) is 14.7. The zero-order chi connectivity index (χ0) is 53.9. The minimum atomic E-state index is -1.76. The standard InChI is InChI=1S/C59H110O15/c1-3-5-7-9-11-13-15-17-19-21-22-23-24-26-28-30-32-34-36-38-40-42-51(62)72-47(44-69-50(61)41-39-37-35-33-31-29-27-25-20-18-16-14-12-10-8-6-4-2)45-70-58-57(68)55(66)53(64)49(74-58)46-71-59-56(67)54(65)52(63)48(43-60)73-59/h17,19,47-49,52-60,63-68H,3-16,18,20-46H2,1-2H3/b19-17+/t47-,48+,49+,52-,53-,54?,55?,56?,57?,58+,59+/m1/s1. The van der Waals surface area contributed by atoms with Crippen LogP contribution in [0.2, 0.25) is 0 Å². The summed E-state index contributed by atoms with van der Waals surface area (Å²) in [6.07, 6.45) is 32.3. The maximum absolute atomic E-state index is 13.1. The van der Waals surface area contributed by atoms with E-state index < -0.39 is 92.7 Å². The van der Waals surface area contributed by atoms with E-state index >= 15 is 0 Å². The largest absolute Gasteiger partial charge is 0.462 e. The molecule has 2 rings (SSSR count). The molecule has 7 N–H and O–H groups in total. The van der Waals surface area contributed by atoms with Crippen LogP contribution in [0.1, 0.15) is 258 Å². The van der Waals surface area contributed by atoms with Crippen molar-refractivity contribution in [2.24, 2.45) is 0 Å². The normalized spacial score (nSPS) is 24.7. The van der Waals surface area contributed by atoms with Crippen molar-refractivity contribution in [3.8, 4) is 0 Å². The lowest BCUT2D eigenvalue weighted by Gasteiger charge is -2.42. The fourth-order valence-electron chi connectivity index (χ4n) is 9.80. The maximum atomic E-state index is 13.1. The van der Waals surface area contributed by atoms with Gasteiger partial charge in [0, 0.05) is 12.8 Å². The third-order valence-corrected chi connectivity index (χ3v) is 14.7. The first kappa shape index (κ1) is 68.3. The molecular weight excluding hydrogens is 949 g/mol. The van der Waals surface area contributed by atoms with Gasteiger partial charge >= 0.3 is 11.9 Å². The fraction of sp³-hybridized carbons (Fsp3) is 0.932. The molecule has 2 aliphatic heterocycles.